The molecule has 1 atom stereocenters. The Morgan fingerprint density at radius 3 is 2.62 bits per heavy atom. The van der Waals surface area contributed by atoms with Crippen LogP contribution >= 0.6 is 11.3 Å². The Hall–Kier alpha value is -2.53. The molecule has 2 fully saturated rings. The maximum absolute atomic E-state index is 12.9. The van der Waals surface area contributed by atoms with Crippen LogP contribution in [0, 0.1) is 5.92 Å². The Labute approximate surface area is 203 Å². The van der Waals surface area contributed by atoms with Gasteiger partial charge in [0.15, 0.2) is 5.13 Å². The highest BCUT2D eigenvalue weighted by molar-refractivity contribution is 7.89. The number of carbonyl (C=O) groups excluding carboxylic acids is 1. The third kappa shape index (κ3) is 4.81. The standard InChI is InChI=1S/C24H27N3O5S2/c1-17-3-2-10-27(16-17)34(29,30)20-7-4-18(5-8-20)23(28)32-19-6-9-21-22(15-19)33-24(25-21)26-11-13-31-14-12-26/h4-9,15,17H,2-3,10-14,16H2,1H3. The van der Waals surface area contributed by atoms with Gasteiger partial charge < -0.3 is 14.4 Å². The summed E-state index contributed by atoms with van der Waals surface area (Å²) in [5.41, 5.74) is 1.15. The Morgan fingerprint density at radius 2 is 1.88 bits per heavy atom. The van der Waals surface area contributed by atoms with Gasteiger partial charge in [-0.2, -0.15) is 4.31 Å². The number of ether oxygens (including phenoxy) is 2. The average molecular weight is 502 g/mol. The lowest BCUT2D eigenvalue weighted by molar-refractivity contribution is 0.0735. The fourth-order valence-corrected chi connectivity index (χ4v) is 6.93. The zero-order valence-electron chi connectivity index (χ0n) is 19.0. The number of hydrogen-bond donors (Lipinski definition) is 0. The summed E-state index contributed by atoms with van der Waals surface area (Å²) in [7, 11) is -3.56. The van der Waals surface area contributed by atoms with Crippen LogP contribution in [-0.2, 0) is 14.8 Å². The molecular weight excluding hydrogens is 474 g/mol. The Kier molecular flexibility index (Phi) is 6.57. The highest BCUT2D eigenvalue weighted by atomic mass is 32.2. The molecule has 2 aliphatic rings. The number of benzene rings is 2. The quantitative estimate of drug-likeness (QED) is 0.388. The minimum absolute atomic E-state index is 0.194. The zero-order chi connectivity index (χ0) is 23.7. The third-order valence-electron chi connectivity index (χ3n) is 6.19. The molecule has 2 aromatic carbocycles. The number of nitrogens with zero attached hydrogens (tertiary/aromatic N) is 3. The van der Waals surface area contributed by atoms with Gasteiger partial charge in [0.2, 0.25) is 10.0 Å². The molecule has 0 bridgehead atoms. The van der Waals surface area contributed by atoms with Crippen molar-refractivity contribution in [3.63, 3.8) is 0 Å². The molecule has 5 rings (SSSR count). The molecular formula is C24H27N3O5S2. The molecule has 34 heavy (non-hydrogen) atoms. The molecule has 3 aromatic rings. The first-order chi connectivity index (χ1) is 16.4. The Balaban J connectivity index is 1.28. The van der Waals surface area contributed by atoms with Crippen molar-refractivity contribution in [2.75, 3.05) is 44.3 Å². The van der Waals surface area contributed by atoms with Crippen LogP contribution in [0.4, 0.5) is 5.13 Å². The van der Waals surface area contributed by atoms with E-state index in [4.69, 9.17) is 9.47 Å². The Bertz CT molecular complexity index is 1280. The van der Waals surface area contributed by atoms with Crippen molar-refractivity contribution in [1.82, 2.24) is 9.29 Å². The van der Waals surface area contributed by atoms with E-state index in [9.17, 15) is 13.2 Å². The SMILES string of the molecule is CC1CCCN(S(=O)(=O)c2ccc(C(=O)Oc3ccc4nc(N5CCOCC5)sc4c3)cc2)C1. The monoisotopic (exact) mass is 501 g/mol. The first kappa shape index (κ1) is 23.2. The van der Waals surface area contributed by atoms with Gasteiger partial charge in [0.05, 0.1) is 33.9 Å². The number of piperidine rings is 1. The number of hydrogen-bond acceptors (Lipinski definition) is 8. The van der Waals surface area contributed by atoms with E-state index in [-0.39, 0.29) is 4.90 Å². The van der Waals surface area contributed by atoms with Gasteiger partial charge in [-0.25, -0.2) is 18.2 Å². The van der Waals surface area contributed by atoms with Crippen molar-refractivity contribution in [3.8, 4) is 5.75 Å². The number of thiazole rings is 1. The van der Waals surface area contributed by atoms with Crippen LogP contribution in [-0.4, -0.2) is 63.1 Å². The first-order valence-electron chi connectivity index (χ1n) is 11.5. The maximum Gasteiger partial charge on any atom is 0.343 e. The normalized spacial score (nSPS) is 19.9. The smallest absolute Gasteiger partial charge is 0.343 e. The largest absolute Gasteiger partial charge is 0.423 e. The number of carbonyl (C=O) groups is 1. The van der Waals surface area contributed by atoms with Crippen LogP contribution in [0.1, 0.15) is 30.1 Å². The fraction of sp³-hybridized carbons (Fsp3) is 0.417. The lowest BCUT2D eigenvalue weighted by Gasteiger charge is -2.30. The second kappa shape index (κ2) is 9.61. The van der Waals surface area contributed by atoms with E-state index in [1.165, 1.54) is 28.6 Å². The number of sulfonamides is 1. The van der Waals surface area contributed by atoms with Gasteiger partial charge in [-0.1, -0.05) is 18.3 Å². The summed E-state index contributed by atoms with van der Waals surface area (Å²) < 4.78 is 39.3. The topological polar surface area (TPSA) is 89.0 Å². The summed E-state index contributed by atoms with van der Waals surface area (Å²) in [4.78, 5) is 19.8. The first-order valence-corrected chi connectivity index (χ1v) is 13.7. The van der Waals surface area contributed by atoms with Gasteiger partial charge in [-0.15, -0.1) is 0 Å². The van der Waals surface area contributed by atoms with Crippen LogP contribution < -0.4 is 9.64 Å². The summed E-state index contributed by atoms with van der Waals surface area (Å²) >= 11 is 1.56. The van der Waals surface area contributed by atoms with Gasteiger partial charge in [0, 0.05) is 32.2 Å². The van der Waals surface area contributed by atoms with Gasteiger partial charge >= 0.3 is 5.97 Å². The zero-order valence-corrected chi connectivity index (χ0v) is 20.6. The molecule has 0 N–H and O–H groups in total. The second-order valence-electron chi connectivity index (χ2n) is 8.75. The number of esters is 1. The van der Waals surface area contributed by atoms with Crippen molar-refractivity contribution in [2.45, 2.75) is 24.7 Å². The van der Waals surface area contributed by atoms with Crippen LogP contribution in [0.15, 0.2) is 47.4 Å². The van der Waals surface area contributed by atoms with Gasteiger partial charge in [-0.05, 0) is 55.2 Å². The molecule has 10 heteroatoms. The molecule has 2 aliphatic heterocycles. The molecule has 0 aliphatic carbocycles. The number of aromatic nitrogens is 1. The predicted octanol–water partition coefficient (Wildman–Crippen LogP) is 3.77. The van der Waals surface area contributed by atoms with Crippen LogP contribution in [0.25, 0.3) is 10.2 Å². The van der Waals surface area contributed by atoms with E-state index in [1.807, 2.05) is 12.1 Å². The van der Waals surface area contributed by atoms with Crippen molar-refractivity contribution < 1.29 is 22.7 Å². The second-order valence-corrected chi connectivity index (χ2v) is 11.7. The van der Waals surface area contributed by atoms with Crippen molar-refractivity contribution in [3.05, 3.63) is 48.0 Å². The molecule has 180 valence electrons. The number of morpholine rings is 1. The highest BCUT2D eigenvalue weighted by Gasteiger charge is 2.28. The fourth-order valence-electron chi connectivity index (χ4n) is 4.29. The number of rotatable bonds is 5. The van der Waals surface area contributed by atoms with Crippen molar-refractivity contribution in [1.29, 1.82) is 0 Å². The van der Waals surface area contributed by atoms with Crippen LogP contribution in [0.3, 0.4) is 0 Å². The lowest BCUT2D eigenvalue weighted by atomic mass is 10.0. The van der Waals surface area contributed by atoms with Crippen LogP contribution in [0.2, 0.25) is 0 Å². The number of fused-ring (bicyclic) bond motifs is 1. The minimum Gasteiger partial charge on any atom is -0.423 e. The van der Waals surface area contributed by atoms with E-state index in [0.717, 1.165) is 41.3 Å². The molecule has 3 heterocycles. The predicted molar refractivity (Wildman–Crippen MR) is 131 cm³/mol. The summed E-state index contributed by atoms with van der Waals surface area (Å²) in [6, 6.07) is 11.3. The molecule has 1 aromatic heterocycles. The minimum atomic E-state index is -3.56. The highest BCUT2D eigenvalue weighted by Crippen LogP contribution is 2.32. The van der Waals surface area contributed by atoms with Crippen molar-refractivity contribution in [2.24, 2.45) is 5.92 Å². The molecule has 0 spiro atoms. The van der Waals surface area contributed by atoms with E-state index in [2.05, 4.69) is 16.8 Å². The van der Waals surface area contributed by atoms with Crippen LogP contribution in [0.5, 0.6) is 5.75 Å². The number of anilines is 1. The van der Waals surface area contributed by atoms with E-state index in [0.29, 0.717) is 43.5 Å². The average Bonchev–Trinajstić information content (AvgIpc) is 3.28. The molecule has 1 unspecified atom stereocenters. The van der Waals surface area contributed by atoms with Crippen molar-refractivity contribution >= 4 is 42.7 Å². The van der Waals surface area contributed by atoms with E-state index >= 15 is 0 Å². The molecule has 0 amide bonds. The van der Waals surface area contributed by atoms with Gasteiger partial charge in [-0.3, -0.25) is 0 Å². The maximum atomic E-state index is 12.9. The summed E-state index contributed by atoms with van der Waals surface area (Å²) in [6.45, 7) is 6.12. The van der Waals surface area contributed by atoms with E-state index in [1.54, 1.807) is 17.4 Å². The molecule has 8 nitrogen and oxygen atoms in total. The third-order valence-corrected chi connectivity index (χ3v) is 9.15. The molecule has 2 saturated heterocycles. The molecule has 0 radical (unpaired) electrons. The van der Waals surface area contributed by atoms with Gasteiger partial charge in [0.1, 0.15) is 5.75 Å². The summed E-state index contributed by atoms with van der Waals surface area (Å²) in [5, 5.41) is 0.932. The lowest BCUT2D eigenvalue weighted by Crippen LogP contribution is -2.39. The van der Waals surface area contributed by atoms with E-state index < -0.39 is 16.0 Å². The van der Waals surface area contributed by atoms with Gasteiger partial charge in [0.25, 0.3) is 0 Å². The summed E-state index contributed by atoms with van der Waals surface area (Å²) in [5.74, 6) is 0.236. The molecule has 0 saturated carbocycles. The summed E-state index contributed by atoms with van der Waals surface area (Å²) in [6.07, 6.45) is 1.90. The Morgan fingerprint density at radius 1 is 1.12 bits per heavy atom.